The van der Waals surface area contributed by atoms with Crippen LogP contribution < -0.4 is 0 Å². The quantitative estimate of drug-likeness (QED) is 0.790. The molecule has 21 heavy (non-hydrogen) atoms. The van der Waals surface area contributed by atoms with E-state index >= 15 is 0 Å². The molecule has 0 saturated heterocycles. The van der Waals surface area contributed by atoms with Crippen molar-refractivity contribution in [3.8, 4) is 5.69 Å². The van der Waals surface area contributed by atoms with Gasteiger partial charge in [0.25, 0.3) is 0 Å². The molecule has 0 fully saturated rings. The topological polar surface area (TPSA) is 44.1 Å². The molecule has 2 aromatic rings. The molecule has 0 aliphatic rings. The Kier molecular flexibility index (Phi) is 4.10. The largest absolute Gasteiger partial charge is 0.464 e. The van der Waals surface area contributed by atoms with Crippen LogP contribution in [0.4, 0.5) is 0 Å². The highest BCUT2D eigenvalue weighted by Crippen LogP contribution is 2.28. The van der Waals surface area contributed by atoms with Crippen LogP contribution in [0.2, 0.25) is 5.02 Å². The summed E-state index contributed by atoms with van der Waals surface area (Å²) in [5, 5.41) is 5.04. The lowest BCUT2D eigenvalue weighted by atomic mass is 9.91. The van der Waals surface area contributed by atoms with Crippen LogP contribution in [0, 0.1) is 6.92 Å². The van der Waals surface area contributed by atoms with Crippen LogP contribution in [-0.2, 0) is 10.2 Å². The summed E-state index contributed by atoms with van der Waals surface area (Å²) < 4.78 is 6.50. The third-order valence-electron chi connectivity index (χ3n) is 3.27. The highest BCUT2D eigenvalue weighted by atomic mass is 35.5. The molecule has 0 spiro atoms. The van der Waals surface area contributed by atoms with Gasteiger partial charge in [0.05, 0.1) is 18.5 Å². The number of carbonyl (C=O) groups is 1. The lowest BCUT2D eigenvalue weighted by Gasteiger charge is -2.20. The normalized spacial score (nSPS) is 11.5. The van der Waals surface area contributed by atoms with Crippen LogP contribution in [0.3, 0.4) is 0 Å². The molecule has 0 bridgehead atoms. The molecule has 0 unspecified atom stereocenters. The third kappa shape index (κ3) is 3.10. The van der Waals surface area contributed by atoms with Crippen molar-refractivity contribution in [3.05, 3.63) is 46.2 Å². The number of esters is 1. The van der Waals surface area contributed by atoms with Crippen LogP contribution in [0.15, 0.2) is 24.3 Å². The number of hydrogen-bond donors (Lipinski definition) is 0. The Morgan fingerprint density at radius 2 is 1.95 bits per heavy atom. The van der Waals surface area contributed by atoms with Crippen molar-refractivity contribution < 1.29 is 9.53 Å². The van der Waals surface area contributed by atoms with Gasteiger partial charge in [-0.3, -0.25) is 0 Å². The number of methoxy groups -OCH3 is 1. The smallest absolute Gasteiger partial charge is 0.358 e. The summed E-state index contributed by atoms with van der Waals surface area (Å²) in [5.74, 6) is -0.447. The Hall–Kier alpha value is -1.81. The van der Waals surface area contributed by atoms with Crippen LogP contribution in [-0.4, -0.2) is 22.9 Å². The lowest BCUT2D eigenvalue weighted by molar-refractivity contribution is 0.0593. The van der Waals surface area contributed by atoms with Crippen molar-refractivity contribution in [1.29, 1.82) is 0 Å². The first kappa shape index (κ1) is 15.6. The second kappa shape index (κ2) is 5.53. The number of halogens is 1. The number of ether oxygens (including phenoxy) is 1. The summed E-state index contributed by atoms with van der Waals surface area (Å²) in [7, 11) is 1.35. The van der Waals surface area contributed by atoms with Crippen molar-refractivity contribution in [2.75, 3.05) is 7.11 Å². The first-order valence-corrected chi connectivity index (χ1v) is 7.07. The number of carbonyl (C=O) groups excluding carboxylic acids is 1. The molecular weight excluding hydrogens is 288 g/mol. The number of hydrogen-bond acceptors (Lipinski definition) is 3. The summed E-state index contributed by atoms with van der Waals surface area (Å²) in [6.07, 6.45) is 0. The number of aromatic nitrogens is 2. The standard InChI is InChI=1S/C16H19ClN2O2/c1-10-6-7-11(8-12(10)17)19-14(16(2,3)4)9-13(18-19)15(20)21-5/h6-9H,1-5H3. The first-order valence-electron chi connectivity index (χ1n) is 6.69. The van der Waals surface area contributed by atoms with Crippen LogP contribution in [0.1, 0.15) is 42.5 Å². The summed E-state index contributed by atoms with van der Waals surface area (Å²) in [5.41, 5.74) is 2.86. The van der Waals surface area contributed by atoms with Crippen molar-refractivity contribution in [3.63, 3.8) is 0 Å². The Morgan fingerprint density at radius 1 is 1.29 bits per heavy atom. The van der Waals surface area contributed by atoms with E-state index in [4.69, 9.17) is 16.3 Å². The Morgan fingerprint density at radius 3 is 2.48 bits per heavy atom. The van der Waals surface area contributed by atoms with Crippen LogP contribution in [0.5, 0.6) is 0 Å². The molecule has 0 amide bonds. The van der Waals surface area contributed by atoms with Gasteiger partial charge in [0.15, 0.2) is 5.69 Å². The molecule has 0 radical (unpaired) electrons. The zero-order chi connectivity index (χ0) is 15.8. The van der Waals surface area contributed by atoms with E-state index in [1.54, 1.807) is 10.7 Å². The van der Waals surface area contributed by atoms with Gasteiger partial charge in [-0.25, -0.2) is 9.48 Å². The fourth-order valence-corrected chi connectivity index (χ4v) is 2.20. The Labute approximate surface area is 129 Å². The highest BCUT2D eigenvalue weighted by molar-refractivity contribution is 6.31. The minimum atomic E-state index is -0.447. The minimum Gasteiger partial charge on any atom is -0.464 e. The van der Waals surface area contributed by atoms with Crippen molar-refractivity contribution >= 4 is 17.6 Å². The minimum absolute atomic E-state index is 0.170. The van der Waals surface area contributed by atoms with Gasteiger partial charge in [-0.2, -0.15) is 5.10 Å². The maximum absolute atomic E-state index is 11.7. The van der Waals surface area contributed by atoms with Crippen molar-refractivity contribution in [2.45, 2.75) is 33.1 Å². The average Bonchev–Trinajstić information content (AvgIpc) is 2.86. The summed E-state index contributed by atoms with van der Waals surface area (Å²) in [6, 6.07) is 7.48. The van der Waals surface area contributed by atoms with Gasteiger partial charge in [0.1, 0.15) is 0 Å². The third-order valence-corrected chi connectivity index (χ3v) is 3.68. The predicted molar refractivity (Wildman–Crippen MR) is 83.4 cm³/mol. The highest BCUT2D eigenvalue weighted by Gasteiger charge is 2.24. The van der Waals surface area contributed by atoms with E-state index in [2.05, 4.69) is 25.9 Å². The maximum Gasteiger partial charge on any atom is 0.358 e. The lowest BCUT2D eigenvalue weighted by Crippen LogP contribution is -2.17. The van der Waals surface area contributed by atoms with Crippen molar-refractivity contribution in [1.82, 2.24) is 9.78 Å². The Balaban J connectivity index is 2.63. The molecule has 4 nitrogen and oxygen atoms in total. The first-order chi connectivity index (χ1) is 9.74. The molecular formula is C16H19ClN2O2. The SMILES string of the molecule is COC(=O)c1cc(C(C)(C)C)n(-c2ccc(C)c(Cl)c2)n1. The molecule has 1 aromatic carbocycles. The number of aryl methyl sites for hydroxylation is 1. The zero-order valence-electron chi connectivity index (χ0n) is 12.9. The predicted octanol–water partition coefficient (Wildman–Crippen LogP) is 3.92. The molecule has 1 heterocycles. The van der Waals surface area contributed by atoms with Gasteiger partial charge < -0.3 is 4.74 Å². The van der Waals surface area contributed by atoms with Gasteiger partial charge in [0, 0.05) is 10.4 Å². The molecule has 0 atom stereocenters. The second-order valence-electron chi connectivity index (χ2n) is 6.00. The molecule has 0 N–H and O–H groups in total. The molecule has 5 heteroatoms. The molecule has 112 valence electrons. The maximum atomic E-state index is 11.7. The van der Waals surface area contributed by atoms with E-state index in [1.165, 1.54) is 7.11 Å². The van der Waals surface area contributed by atoms with E-state index in [9.17, 15) is 4.79 Å². The zero-order valence-corrected chi connectivity index (χ0v) is 13.7. The van der Waals surface area contributed by atoms with Gasteiger partial charge in [-0.05, 0) is 30.7 Å². The molecule has 0 aliphatic carbocycles. The molecule has 1 aromatic heterocycles. The molecule has 0 saturated carbocycles. The molecule has 2 rings (SSSR count). The van der Waals surface area contributed by atoms with Crippen molar-refractivity contribution in [2.24, 2.45) is 0 Å². The summed E-state index contributed by atoms with van der Waals surface area (Å²) in [4.78, 5) is 11.7. The van der Waals surface area contributed by atoms with Crippen LogP contribution in [0.25, 0.3) is 5.69 Å². The van der Waals surface area contributed by atoms with Gasteiger partial charge in [-0.15, -0.1) is 0 Å². The fraction of sp³-hybridized carbons (Fsp3) is 0.375. The summed E-state index contributed by atoms with van der Waals surface area (Å²) >= 11 is 6.19. The van der Waals surface area contributed by atoms with E-state index in [1.807, 2.05) is 25.1 Å². The Bertz CT molecular complexity index is 684. The fourth-order valence-electron chi connectivity index (χ4n) is 2.03. The monoisotopic (exact) mass is 306 g/mol. The van der Waals surface area contributed by atoms with Gasteiger partial charge in [0.2, 0.25) is 0 Å². The number of nitrogens with zero attached hydrogens (tertiary/aromatic N) is 2. The number of rotatable bonds is 2. The van der Waals surface area contributed by atoms with Gasteiger partial charge >= 0.3 is 5.97 Å². The van der Waals surface area contributed by atoms with E-state index in [0.29, 0.717) is 10.7 Å². The van der Waals surface area contributed by atoms with Crippen LogP contribution >= 0.6 is 11.6 Å². The van der Waals surface area contributed by atoms with Gasteiger partial charge in [-0.1, -0.05) is 38.4 Å². The average molecular weight is 307 g/mol. The van der Waals surface area contributed by atoms with E-state index < -0.39 is 5.97 Å². The summed E-state index contributed by atoms with van der Waals surface area (Å²) in [6.45, 7) is 8.14. The van der Waals surface area contributed by atoms with E-state index in [0.717, 1.165) is 16.9 Å². The molecule has 0 aliphatic heterocycles. The number of benzene rings is 1. The second-order valence-corrected chi connectivity index (χ2v) is 6.41. The van der Waals surface area contributed by atoms with E-state index in [-0.39, 0.29) is 5.41 Å².